The van der Waals surface area contributed by atoms with Crippen LogP contribution in [0.3, 0.4) is 0 Å². The summed E-state index contributed by atoms with van der Waals surface area (Å²) in [6.07, 6.45) is 8.73. The second-order valence-electron chi connectivity index (χ2n) is 6.10. The van der Waals surface area contributed by atoms with Crippen molar-refractivity contribution in [1.29, 1.82) is 0 Å². The second-order valence-corrected chi connectivity index (χ2v) is 9.15. The fraction of sp³-hybridized carbons (Fsp3) is 0.250. The number of halogens is 1. The zero-order valence-corrected chi connectivity index (χ0v) is 17.2. The predicted molar refractivity (Wildman–Crippen MR) is 111 cm³/mol. The van der Waals surface area contributed by atoms with Crippen LogP contribution in [0.5, 0.6) is 0 Å². The van der Waals surface area contributed by atoms with E-state index in [0.717, 1.165) is 29.5 Å². The summed E-state index contributed by atoms with van der Waals surface area (Å²) < 4.78 is 32.2. The summed E-state index contributed by atoms with van der Waals surface area (Å²) in [4.78, 5) is 0.464. The van der Waals surface area contributed by atoms with Crippen molar-refractivity contribution in [2.75, 3.05) is 0 Å². The second kappa shape index (κ2) is 8.30. The molecule has 0 saturated heterocycles. The van der Waals surface area contributed by atoms with E-state index in [1.54, 1.807) is 4.57 Å². The van der Waals surface area contributed by atoms with E-state index < -0.39 is 10.0 Å². The zero-order valence-electron chi connectivity index (χ0n) is 14.9. The molecule has 27 heavy (non-hydrogen) atoms. The first-order chi connectivity index (χ1) is 12.9. The smallest absolute Gasteiger partial charge is 0.285 e. The third kappa shape index (κ3) is 4.44. The van der Waals surface area contributed by atoms with Crippen molar-refractivity contribution < 1.29 is 8.42 Å². The third-order valence-corrected chi connectivity index (χ3v) is 6.82. The fourth-order valence-corrected chi connectivity index (χ4v) is 5.15. The minimum Gasteiger partial charge on any atom is -0.304 e. The van der Waals surface area contributed by atoms with Gasteiger partial charge in [-0.05, 0) is 54.8 Å². The zero-order chi connectivity index (χ0) is 19.4. The van der Waals surface area contributed by atoms with Gasteiger partial charge in [0, 0.05) is 5.02 Å². The summed E-state index contributed by atoms with van der Waals surface area (Å²) in [6, 6.07) is 12.1. The van der Waals surface area contributed by atoms with Gasteiger partial charge < -0.3 is 4.57 Å². The van der Waals surface area contributed by atoms with Gasteiger partial charge in [0.2, 0.25) is 4.80 Å². The molecule has 0 radical (unpaired) electrons. The van der Waals surface area contributed by atoms with Crippen molar-refractivity contribution in [2.24, 2.45) is 4.40 Å². The number of benzene rings is 2. The SMILES string of the molecule is C#CCn1/c(=N/S(=O)(=O)c2ccc(Cl)cc2)sc2cc(CCCC)ccc21. The molecule has 1 aromatic heterocycles. The largest absolute Gasteiger partial charge is 0.304 e. The normalized spacial score (nSPS) is 12.4. The molecule has 0 unspecified atom stereocenters. The highest BCUT2D eigenvalue weighted by Gasteiger charge is 2.15. The van der Waals surface area contributed by atoms with Crippen molar-refractivity contribution in [1.82, 2.24) is 4.57 Å². The molecule has 0 aliphatic carbocycles. The number of unbranched alkanes of at least 4 members (excludes halogenated alkanes) is 1. The van der Waals surface area contributed by atoms with Crippen LogP contribution in [0.4, 0.5) is 0 Å². The highest BCUT2D eigenvalue weighted by Crippen LogP contribution is 2.22. The standard InChI is InChI=1S/C20H19ClN2O2S2/c1-3-5-6-15-7-12-18-19(14-15)26-20(23(18)13-4-2)22-27(24,25)17-10-8-16(21)9-11-17/h2,7-12,14H,3,5-6,13H2,1H3/b22-20-. The first-order valence-corrected chi connectivity index (χ1v) is 11.2. The molecule has 0 atom stereocenters. The van der Waals surface area contributed by atoms with E-state index in [2.05, 4.69) is 29.4 Å². The molecule has 0 fully saturated rings. The maximum atomic E-state index is 12.7. The molecule has 0 spiro atoms. The molecule has 0 amide bonds. The van der Waals surface area contributed by atoms with Crippen LogP contribution in [0.25, 0.3) is 10.2 Å². The number of fused-ring (bicyclic) bond motifs is 1. The molecule has 0 N–H and O–H groups in total. The molecule has 4 nitrogen and oxygen atoms in total. The Hall–Kier alpha value is -2.07. The lowest BCUT2D eigenvalue weighted by molar-refractivity contribution is 0.596. The minimum absolute atomic E-state index is 0.0975. The Morgan fingerprint density at radius 3 is 2.63 bits per heavy atom. The molecule has 1 heterocycles. The lowest BCUT2D eigenvalue weighted by atomic mass is 10.1. The summed E-state index contributed by atoms with van der Waals surface area (Å²) in [6.45, 7) is 2.41. The molecular weight excluding hydrogens is 400 g/mol. The summed E-state index contributed by atoms with van der Waals surface area (Å²) in [7, 11) is -3.86. The Labute approximate surface area is 168 Å². The van der Waals surface area contributed by atoms with Crippen LogP contribution in [-0.2, 0) is 23.0 Å². The van der Waals surface area contributed by atoms with Gasteiger partial charge >= 0.3 is 0 Å². The Morgan fingerprint density at radius 2 is 1.96 bits per heavy atom. The topological polar surface area (TPSA) is 51.4 Å². The van der Waals surface area contributed by atoms with E-state index in [-0.39, 0.29) is 11.4 Å². The van der Waals surface area contributed by atoms with Crippen molar-refractivity contribution >= 4 is 43.2 Å². The van der Waals surface area contributed by atoms with Gasteiger partial charge in [0.1, 0.15) is 0 Å². The van der Waals surface area contributed by atoms with Crippen molar-refractivity contribution in [3.8, 4) is 12.3 Å². The molecule has 3 aromatic rings. The van der Waals surface area contributed by atoms with Crippen LogP contribution in [0.15, 0.2) is 51.8 Å². The molecule has 0 aliphatic rings. The van der Waals surface area contributed by atoms with E-state index in [0.29, 0.717) is 9.82 Å². The van der Waals surface area contributed by atoms with Gasteiger partial charge in [-0.15, -0.1) is 10.8 Å². The van der Waals surface area contributed by atoms with Gasteiger partial charge in [-0.1, -0.05) is 48.3 Å². The van der Waals surface area contributed by atoms with Gasteiger partial charge in [-0.25, -0.2) is 0 Å². The number of aryl methyl sites for hydroxylation is 1. The Morgan fingerprint density at radius 1 is 1.22 bits per heavy atom. The maximum Gasteiger partial charge on any atom is 0.285 e. The van der Waals surface area contributed by atoms with Crippen LogP contribution >= 0.6 is 22.9 Å². The van der Waals surface area contributed by atoms with Gasteiger partial charge in [0.25, 0.3) is 10.0 Å². The molecule has 3 rings (SSSR count). The summed E-state index contributed by atoms with van der Waals surface area (Å²) >= 11 is 7.17. The Kier molecular flexibility index (Phi) is 6.05. The van der Waals surface area contributed by atoms with E-state index in [1.165, 1.54) is 41.2 Å². The lowest BCUT2D eigenvalue weighted by Gasteiger charge is -2.03. The molecule has 0 saturated carbocycles. The van der Waals surface area contributed by atoms with E-state index in [1.807, 2.05) is 6.07 Å². The average Bonchev–Trinajstić information content (AvgIpc) is 2.96. The first kappa shape index (κ1) is 19.7. The van der Waals surface area contributed by atoms with Gasteiger partial charge in [0.15, 0.2) is 0 Å². The van der Waals surface area contributed by atoms with E-state index >= 15 is 0 Å². The first-order valence-electron chi connectivity index (χ1n) is 8.57. The highest BCUT2D eigenvalue weighted by atomic mass is 35.5. The number of hydrogen-bond donors (Lipinski definition) is 0. The number of terminal acetylenes is 1. The molecule has 0 aliphatic heterocycles. The number of hydrogen-bond acceptors (Lipinski definition) is 3. The Bertz CT molecular complexity index is 1170. The lowest BCUT2D eigenvalue weighted by Crippen LogP contribution is -2.16. The van der Waals surface area contributed by atoms with Crippen molar-refractivity contribution in [2.45, 2.75) is 37.6 Å². The van der Waals surface area contributed by atoms with Crippen LogP contribution < -0.4 is 4.80 Å². The minimum atomic E-state index is -3.86. The average molecular weight is 419 g/mol. The van der Waals surface area contributed by atoms with Crippen LogP contribution in [0, 0.1) is 12.3 Å². The van der Waals surface area contributed by atoms with Crippen LogP contribution in [-0.4, -0.2) is 13.0 Å². The number of sulfonamides is 1. The number of aromatic nitrogens is 1. The summed E-state index contributed by atoms with van der Waals surface area (Å²) in [5.41, 5.74) is 2.12. The molecular formula is C20H19ClN2O2S2. The van der Waals surface area contributed by atoms with E-state index in [9.17, 15) is 8.42 Å². The third-order valence-electron chi connectivity index (χ3n) is 4.13. The predicted octanol–water partition coefficient (Wildman–Crippen LogP) is 4.62. The van der Waals surface area contributed by atoms with Gasteiger partial charge in [0.05, 0.1) is 21.7 Å². The monoisotopic (exact) mass is 418 g/mol. The summed E-state index contributed by atoms with van der Waals surface area (Å²) in [5, 5.41) is 0.470. The van der Waals surface area contributed by atoms with Crippen molar-refractivity contribution in [3.63, 3.8) is 0 Å². The molecule has 7 heteroatoms. The molecule has 2 aromatic carbocycles. The number of nitrogens with zero attached hydrogens (tertiary/aromatic N) is 2. The fourth-order valence-electron chi connectivity index (χ4n) is 2.73. The number of rotatable bonds is 6. The summed E-state index contributed by atoms with van der Waals surface area (Å²) in [5.74, 6) is 2.58. The van der Waals surface area contributed by atoms with Crippen molar-refractivity contribution in [3.05, 3.63) is 57.9 Å². The van der Waals surface area contributed by atoms with E-state index in [4.69, 9.17) is 18.0 Å². The molecule has 0 bridgehead atoms. The van der Waals surface area contributed by atoms with Gasteiger partial charge in [-0.3, -0.25) is 0 Å². The van der Waals surface area contributed by atoms with Crippen LogP contribution in [0.2, 0.25) is 5.02 Å². The number of thiazole rings is 1. The van der Waals surface area contributed by atoms with Crippen LogP contribution in [0.1, 0.15) is 25.3 Å². The van der Waals surface area contributed by atoms with Gasteiger partial charge in [-0.2, -0.15) is 8.42 Å². The highest BCUT2D eigenvalue weighted by molar-refractivity contribution is 7.90. The Balaban J connectivity index is 2.14. The quantitative estimate of drug-likeness (QED) is 0.548. The maximum absolute atomic E-state index is 12.7. The molecule has 140 valence electrons.